The summed E-state index contributed by atoms with van der Waals surface area (Å²) in [5.41, 5.74) is 1.04. The molecule has 1 aliphatic heterocycles. The average molecular weight is 398 g/mol. The van der Waals surface area contributed by atoms with E-state index in [-0.39, 0.29) is 5.56 Å². The molecular weight excluding hydrogens is 376 g/mol. The van der Waals surface area contributed by atoms with Crippen LogP contribution in [0, 0.1) is 5.92 Å². The summed E-state index contributed by atoms with van der Waals surface area (Å²) in [6, 6.07) is 6.62. The summed E-state index contributed by atoms with van der Waals surface area (Å²) in [7, 11) is 0. The zero-order valence-corrected chi connectivity index (χ0v) is 16.4. The first kappa shape index (κ1) is 18.6. The molecule has 0 atom stereocenters. The Hall–Kier alpha value is -2.71. The number of nitrogens with one attached hydrogen (secondary N) is 2. The second kappa shape index (κ2) is 8.12. The molecule has 0 aliphatic carbocycles. The van der Waals surface area contributed by atoms with Crippen LogP contribution in [-0.4, -0.2) is 33.9 Å². The third-order valence-electron chi connectivity index (χ3n) is 4.97. The van der Waals surface area contributed by atoms with Crippen molar-refractivity contribution >= 4 is 22.4 Å². The van der Waals surface area contributed by atoms with E-state index in [0.717, 1.165) is 31.2 Å². The van der Waals surface area contributed by atoms with Crippen molar-refractivity contribution in [2.45, 2.75) is 26.3 Å². The maximum Gasteiger partial charge on any atom is 0.263 e. The number of likely N-dealkylation sites (tertiary alicyclic amines) is 1. The molecule has 1 saturated heterocycles. The van der Waals surface area contributed by atoms with Crippen molar-refractivity contribution in [1.82, 2.24) is 14.9 Å². The summed E-state index contributed by atoms with van der Waals surface area (Å²) < 4.78 is 5.26. The number of aromatic nitrogens is 2. The quantitative estimate of drug-likeness (QED) is 0.685. The number of furan rings is 1. The molecule has 3 aromatic rings. The first-order chi connectivity index (χ1) is 13.6. The molecule has 7 nitrogen and oxygen atoms in total. The summed E-state index contributed by atoms with van der Waals surface area (Å²) in [5, 5.41) is 5.18. The van der Waals surface area contributed by atoms with Crippen LogP contribution in [0.4, 0.5) is 5.13 Å². The van der Waals surface area contributed by atoms with E-state index in [4.69, 9.17) is 4.42 Å². The van der Waals surface area contributed by atoms with Gasteiger partial charge in [-0.2, -0.15) is 0 Å². The van der Waals surface area contributed by atoms with Crippen LogP contribution in [0.3, 0.4) is 0 Å². The third kappa shape index (κ3) is 4.23. The van der Waals surface area contributed by atoms with Gasteiger partial charge in [-0.15, -0.1) is 11.3 Å². The molecule has 28 heavy (non-hydrogen) atoms. The molecule has 8 heteroatoms. The van der Waals surface area contributed by atoms with Gasteiger partial charge in [-0.05, 0) is 56.1 Å². The Morgan fingerprint density at radius 3 is 2.89 bits per heavy atom. The van der Waals surface area contributed by atoms with Gasteiger partial charge in [-0.3, -0.25) is 19.8 Å². The first-order valence-electron chi connectivity index (χ1n) is 9.34. The van der Waals surface area contributed by atoms with E-state index in [1.807, 2.05) is 5.38 Å². The van der Waals surface area contributed by atoms with Crippen molar-refractivity contribution in [3.05, 3.63) is 57.5 Å². The van der Waals surface area contributed by atoms with Gasteiger partial charge in [-0.1, -0.05) is 6.92 Å². The maximum atomic E-state index is 12.5. The molecule has 4 heterocycles. The highest BCUT2D eigenvalue weighted by Gasteiger charge is 2.18. The van der Waals surface area contributed by atoms with Crippen LogP contribution in [0.2, 0.25) is 0 Å². The molecule has 3 aromatic heterocycles. The van der Waals surface area contributed by atoms with Crippen molar-refractivity contribution in [2.75, 3.05) is 18.4 Å². The fourth-order valence-corrected chi connectivity index (χ4v) is 3.98. The Bertz CT molecular complexity index is 1000. The van der Waals surface area contributed by atoms with E-state index in [2.05, 4.69) is 27.1 Å². The van der Waals surface area contributed by atoms with Crippen LogP contribution in [0.25, 0.3) is 11.5 Å². The standard InChI is InChI=1S/C20H22N4O3S/c1-13-6-8-24(9-7-13)11-14-12-28-20(21-14)23-19(26)15-4-5-16(22-18(15)25)17-3-2-10-27-17/h2-5,10,12-13H,6-9,11H2,1H3,(H,22,25)(H,21,23,26). The van der Waals surface area contributed by atoms with Gasteiger partial charge >= 0.3 is 0 Å². The number of pyridine rings is 1. The van der Waals surface area contributed by atoms with Crippen LogP contribution >= 0.6 is 11.3 Å². The van der Waals surface area contributed by atoms with Crippen LogP contribution in [0.15, 0.2) is 45.1 Å². The van der Waals surface area contributed by atoms with Gasteiger partial charge in [0.15, 0.2) is 5.13 Å². The molecule has 1 aliphatic rings. The lowest BCUT2D eigenvalue weighted by Gasteiger charge is -2.29. The number of hydrogen-bond acceptors (Lipinski definition) is 6. The molecule has 0 unspecified atom stereocenters. The number of hydrogen-bond donors (Lipinski definition) is 2. The highest BCUT2D eigenvalue weighted by molar-refractivity contribution is 7.13. The molecule has 146 valence electrons. The van der Waals surface area contributed by atoms with Crippen LogP contribution in [-0.2, 0) is 6.54 Å². The number of carbonyl (C=O) groups is 1. The highest BCUT2D eigenvalue weighted by Crippen LogP contribution is 2.21. The third-order valence-corrected chi connectivity index (χ3v) is 5.78. The van der Waals surface area contributed by atoms with E-state index >= 15 is 0 Å². The second-order valence-corrected chi connectivity index (χ2v) is 8.01. The van der Waals surface area contributed by atoms with Gasteiger partial charge < -0.3 is 9.40 Å². The zero-order chi connectivity index (χ0) is 19.5. The summed E-state index contributed by atoms with van der Waals surface area (Å²) in [5.74, 6) is 0.861. The predicted molar refractivity (Wildman–Crippen MR) is 109 cm³/mol. The van der Waals surface area contributed by atoms with Gasteiger partial charge in [0.05, 0.1) is 17.7 Å². The Morgan fingerprint density at radius 1 is 1.36 bits per heavy atom. The minimum Gasteiger partial charge on any atom is -0.463 e. The van der Waals surface area contributed by atoms with Gasteiger partial charge in [0.25, 0.3) is 11.5 Å². The fraction of sp³-hybridized carbons (Fsp3) is 0.350. The van der Waals surface area contributed by atoms with Crippen LogP contribution in [0.1, 0.15) is 35.8 Å². The smallest absolute Gasteiger partial charge is 0.263 e. The summed E-state index contributed by atoms with van der Waals surface area (Å²) in [6.07, 6.45) is 3.95. The predicted octanol–water partition coefficient (Wildman–Crippen LogP) is 3.58. The lowest BCUT2D eigenvalue weighted by atomic mass is 9.99. The fourth-order valence-electron chi connectivity index (χ4n) is 3.28. The molecule has 1 fully saturated rings. The molecule has 0 aromatic carbocycles. The van der Waals surface area contributed by atoms with Gasteiger partial charge in [0.1, 0.15) is 11.3 Å². The van der Waals surface area contributed by atoms with Gasteiger partial charge in [-0.25, -0.2) is 4.98 Å². The zero-order valence-electron chi connectivity index (χ0n) is 15.6. The monoisotopic (exact) mass is 398 g/mol. The lowest BCUT2D eigenvalue weighted by Crippen LogP contribution is -2.32. The van der Waals surface area contributed by atoms with E-state index in [9.17, 15) is 9.59 Å². The molecule has 0 radical (unpaired) electrons. The molecule has 4 rings (SSSR count). The summed E-state index contributed by atoms with van der Waals surface area (Å²) in [4.78, 5) is 34.3. The number of anilines is 1. The largest absolute Gasteiger partial charge is 0.463 e. The maximum absolute atomic E-state index is 12.5. The van der Waals surface area contributed by atoms with Gasteiger partial charge in [0.2, 0.25) is 0 Å². The summed E-state index contributed by atoms with van der Waals surface area (Å²) >= 11 is 1.37. The van der Waals surface area contributed by atoms with Crippen LogP contribution in [0.5, 0.6) is 0 Å². The highest BCUT2D eigenvalue weighted by atomic mass is 32.1. The van der Waals surface area contributed by atoms with Crippen LogP contribution < -0.4 is 10.9 Å². The minimum atomic E-state index is -0.472. The number of nitrogens with zero attached hydrogens (tertiary/aromatic N) is 2. The topological polar surface area (TPSA) is 91.2 Å². The number of aromatic amines is 1. The molecule has 2 N–H and O–H groups in total. The lowest BCUT2D eigenvalue weighted by molar-refractivity contribution is 0.102. The summed E-state index contributed by atoms with van der Waals surface area (Å²) in [6.45, 7) is 5.24. The number of rotatable bonds is 5. The Balaban J connectivity index is 1.40. The van der Waals surface area contributed by atoms with E-state index < -0.39 is 11.5 Å². The number of carbonyl (C=O) groups excluding carboxylic acids is 1. The Morgan fingerprint density at radius 2 is 2.18 bits per heavy atom. The van der Waals surface area contributed by atoms with Crippen molar-refractivity contribution in [3.8, 4) is 11.5 Å². The number of thiazole rings is 1. The molecular formula is C20H22N4O3S. The molecule has 1 amide bonds. The number of H-pyrrole nitrogens is 1. The molecule has 0 saturated carbocycles. The van der Waals surface area contributed by atoms with Crippen molar-refractivity contribution in [1.29, 1.82) is 0 Å². The Kier molecular flexibility index (Phi) is 5.40. The van der Waals surface area contributed by atoms with E-state index in [1.54, 1.807) is 18.2 Å². The SMILES string of the molecule is CC1CCN(Cc2csc(NC(=O)c3ccc(-c4ccco4)[nH]c3=O)n2)CC1. The van der Waals surface area contributed by atoms with E-state index in [1.165, 1.54) is 36.5 Å². The number of piperidine rings is 1. The average Bonchev–Trinajstić information content (AvgIpc) is 3.36. The number of amides is 1. The first-order valence-corrected chi connectivity index (χ1v) is 10.2. The second-order valence-electron chi connectivity index (χ2n) is 7.15. The molecule has 0 spiro atoms. The Labute approximate surface area is 166 Å². The van der Waals surface area contributed by atoms with E-state index in [0.29, 0.717) is 16.6 Å². The normalized spacial score (nSPS) is 15.6. The minimum absolute atomic E-state index is 0.0390. The molecule has 0 bridgehead atoms. The van der Waals surface area contributed by atoms with Crippen molar-refractivity contribution in [3.63, 3.8) is 0 Å². The van der Waals surface area contributed by atoms with Crippen molar-refractivity contribution < 1.29 is 9.21 Å². The van der Waals surface area contributed by atoms with Crippen molar-refractivity contribution in [2.24, 2.45) is 5.92 Å². The van der Waals surface area contributed by atoms with Gasteiger partial charge in [0, 0.05) is 11.9 Å².